The highest BCUT2D eigenvalue weighted by Crippen LogP contribution is 1.72. The number of nitrogens with zero attached hydrogens (tertiary/aromatic N) is 1. The predicted molar refractivity (Wildman–Crippen MR) is 38.7 cm³/mol. The normalized spacial score (nSPS) is 7.18. The van der Waals surface area contributed by atoms with Crippen LogP contribution in [0, 0.1) is 11.3 Å². The monoisotopic (exact) mass is 152 g/mol. The molecule has 0 aliphatic rings. The van der Waals surface area contributed by atoms with Gasteiger partial charge in [-0.2, -0.15) is 5.26 Å². The number of rotatable bonds is 1. The number of carbonyl (C=O) groups is 1. The zero-order chi connectivity index (χ0) is 8.53. The third kappa shape index (κ3) is 8.24. The van der Waals surface area contributed by atoms with Crippen LogP contribution in [-0.4, -0.2) is 16.1 Å². The first-order valence-corrected chi connectivity index (χ1v) is 2.94. The van der Waals surface area contributed by atoms with Crippen molar-refractivity contribution >= 4 is 5.97 Å². The number of aromatic nitrogens is 1. The molecule has 0 aromatic carbocycles. The molecule has 1 aromatic rings. The summed E-state index contributed by atoms with van der Waals surface area (Å²) >= 11 is 0. The summed E-state index contributed by atoms with van der Waals surface area (Å²) in [5.41, 5.74) is 0. The zero-order valence-corrected chi connectivity index (χ0v) is 5.82. The average Bonchev–Trinajstić information content (AvgIpc) is 2.41. The van der Waals surface area contributed by atoms with E-state index in [9.17, 15) is 4.79 Å². The Balaban J connectivity index is 0.000000183. The summed E-state index contributed by atoms with van der Waals surface area (Å²) in [5.74, 6) is -1.07. The van der Waals surface area contributed by atoms with Gasteiger partial charge < -0.3 is 10.1 Å². The number of H-pyrrole nitrogens is 1. The fraction of sp³-hybridized carbons (Fsp3) is 0.143. The van der Waals surface area contributed by atoms with Gasteiger partial charge in [0.25, 0.3) is 0 Å². The third-order valence-corrected chi connectivity index (χ3v) is 0.726. The van der Waals surface area contributed by atoms with Gasteiger partial charge in [0.2, 0.25) is 0 Å². The molecule has 1 rings (SSSR count). The molecule has 2 N–H and O–H groups in total. The molecular weight excluding hydrogens is 144 g/mol. The SMILES string of the molecule is N#CCC(=O)O.c1cc[nH]c1. The first kappa shape index (κ1) is 9.24. The second-order valence-corrected chi connectivity index (χ2v) is 1.61. The number of aliphatic carboxylic acids is 1. The van der Waals surface area contributed by atoms with Gasteiger partial charge in [0.1, 0.15) is 6.42 Å². The van der Waals surface area contributed by atoms with Gasteiger partial charge in [-0.25, -0.2) is 0 Å². The predicted octanol–water partition coefficient (Wildman–Crippen LogP) is 0.999. The minimum atomic E-state index is -1.07. The number of aromatic amines is 1. The summed E-state index contributed by atoms with van der Waals surface area (Å²) < 4.78 is 0. The Bertz CT molecular complexity index is 206. The van der Waals surface area contributed by atoms with Crippen molar-refractivity contribution in [2.24, 2.45) is 0 Å². The minimum Gasteiger partial charge on any atom is -0.480 e. The maximum Gasteiger partial charge on any atom is 0.317 e. The highest BCUT2D eigenvalue weighted by Gasteiger charge is 1.87. The van der Waals surface area contributed by atoms with Gasteiger partial charge in [0.15, 0.2) is 0 Å². The van der Waals surface area contributed by atoms with Crippen LogP contribution in [0.5, 0.6) is 0 Å². The molecule has 1 aromatic heterocycles. The van der Waals surface area contributed by atoms with Gasteiger partial charge in [-0.15, -0.1) is 0 Å². The zero-order valence-electron chi connectivity index (χ0n) is 5.82. The Morgan fingerprint density at radius 1 is 1.55 bits per heavy atom. The summed E-state index contributed by atoms with van der Waals surface area (Å²) in [7, 11) is 0. The molecule has 58 valence electrons. The van der Waals surface area contributed by atoms with E-state index < -0.39 is 12.4 Å². The van der Waals surface area contributed by atoms with E-state index in [4.69, 9.17) is 10.4 Å². The van der Waals surface area contributed by atoms with Crippen LogP contribution in [0.25, 0.3) is 0 Å². The molecule has 11 heavy (non-hydrogen) atoms. The van der Waals surface area contributed by atoms with E-state index in [0.29, 0.717) is 0 Å². The van der Waals surface area contributed by atoms with Crippen molar-refractivity contribution in [1.29, 1.82) is 5.26 Å². The highest BCUT2D eigenvalue weighted by atomic mass is 16.4. The fourth-order valence-electron chi connectivity index (χ4n) is 0.345. The van der Waals surface area contributed by atoms with Crippen molar-refractivity contribution in [3.05, 3.63) is 24.5 Å². The van der Waals surface area contributed by atoms with Crippen molar-refractivity contribution < 1.29 is 9.90 Å². The maximum absolute atomic E-state index is 9.38. The molecule has 0 fully saturated rings. The van der Waals surface area contributed by atoms with Gasteiger partial charge in [-0.1, -0.05) is 0 Å². The average molecular weight is 152 g/mol. The van der Waals surface area contributed by atoms with E-state index >= 15 is 0 Å². The van der Waals surface area contributed by atoms with Crippen LogP contribution in [0.3, 0.4) is 0 Å². The van der Waals surface area contributed by atoms with Crippen LogP contribution in [0.15, 0.2) is 24.5 Å². The van der Waals surface area contributed by atoms with Gasteiger partial charge in [-0.3, -0.25) is 4.79 Å². The lowest BCUT2D eigenvalue weighted by atomic mass is 10.5. The molecule has 4 heteroatoms. The third-order valence-electron chi connectivity index (χ3n) is 0.726. The number of nitriles is 1. The molecule has 0 spiro atoms. The van der Waals surface area contributed by atoms with E-state index in [2.05, 4.69) is 4.98 Å². The summed E-state index contributed by atoms with van der Waals surface area (Å²) in [6.45, 7) is 0. The second-order valence-electron chi connectivity index (χ2n) is 1.61. The van der Waals surface area contributed by atoms with E-state index in [1.807, 2.05) is 24.5 Å². The molecule has 1 heterocycles. The van der Waals surface area contributed by atoms with Crippen molar-refractivity contribution in [2.75, 3.05) is 0 Å². The van der Waals surface area contributed by atoms with Gasteiger partial charge in [-0.05, 0) is 12.1 Å². The van der Waals surface area contributed by atoms with Crippen molar-refractivity contribution in [3.63, 3.8) is 0 Å². The lowest BCUT2D eigenvalue weighted by molar-refractivity contribution is -0.135. The molecule has 0 amide bonds. The van der Waals surface area contributed by atoms with E-state index in [1.165, 1.54) is 6.07 Å². The quantitative estimate of drug-likeness (QED) is 0.630. The van der Waals surface area contributed by atoms with Crippen molar-refractivity contribution in [1.82, 2.24) is 4.98 Å². The topological polar surface area (TPSA) is 76.9 Å². The lowest BCUT2D eigenvalue weighted by Gasteiger charge is -1.70. The number of carboxylic acid groups (broad SMARTS) is 1. The Hall–Kier alpha value is -1.76. The van der Waals surface area contributed by atoms with Crippen LogP contribution in [0.2, 0.25) is 0 Å². The second kappa shape index (κ2) is 6.36. The van der Waals surface area contributed by atoms with Gasteiger partial charge >= 0.3 is 5.97 Å². The molecule has 0 atom stereocenters. The van der Waals surface area contributed by atoms with E-state index in [-0.39, 0.29) is 0 Å². The number of hydrogen-bond donors (Lipinski definition) is 2. The largest absolute Gasteiger partial charge is 0.480 e. The van der Waals surface area contributed by atoms with Crippen LogP contribution >= 0.6 is 0 Å². The Morgan fingerprint density at radius 2 is 2.09 bits per heavy atom. The first-order valence-electron chi connectivity index (χ1n) is 2.94. The highest BCUT2D eigenvalue weighted by molar-refractivity contribution is 5.69. The van der Waals surface area contributed by atoms with E-state index in [1.54, 1.807) is 0 Å². The van der Waals surface area contributed by atoms with Crippen LogP contribution in [0.1, 0.15) is 6.42 Å². The number of hydrogen-bond acceptors (Lipinski definition) is 2. The maximum atomic E-state index is 9.38. The Kier molecular flexibility index (Phi) is 5.34. The lowest BCUT2D eigenvalue weighted by Crippen LogP contribution is -1.88. The number of nitrogens with one attached hydrogen (secondary N) is 1. The fourth-order valence-corrected chi connectivity index (χ4v) is 0.345. The Morgan fingerprint density at radius 3 is 2.18 bits per heavy atom. The molecule has 0 aliphatic carbocycles. The molecule has 0 unspecified atom stereocenters. The molecule has 0 bridgehead atoms. The van der Waals surface area contributed by atoms with Crippen molar-refractivity contribution in [2.45, 2.75) is 6.42 Å². The standard InChI is InChI=1S/C4H5N.C3H3NO2/c1-2-4-5-3-1;4-2-1-3(5)6/h1-5H;1H2,(H,5,6). The van der Waals surface area contributed by atoms with Gasteiger partial charge in [0, 0.05) is 12.4 Å². The summed E-state index contributed by atoms with van der Waals surface area (Å²) in [5, 5.41) is 15.3. The number of carboxylic acids is 1. The minimum absolute atomic E-state index is 0.403. The van der Waals surface area contributed by atoms with Crippen LogP contribution < -0.4 is 0 Å². The molecule has 4 nitrogen and oxygen atoms in total. The smallest absolute Gasteiger partial charge is 0.317 e. The summed E-state index contributed by atoms with van der Waals surface area (Å²) in [6.07, 6.45) is 3.35. The van der Waals surface area contributed by atoms with Crippen molar-refractivity contribution in [3.8, 4) is 6.07 Å². The van der Waals surface area contributed by atoms with E-state index in [0.717, 1.165) is 0 Å². The molecular formula is C7H8N2O2. The van der Waals surface area contributed by atoms with Crippen LogP contribution in [0.4, 0.5) is 0 Å². The molecule has 0 saturated carbocycles. The summed E-state index contributed by atoms with van der Waals surface area (Å²) in [4.78, 5) is 12.2. The van der Waals surface area contributed by atoms with Crippen LogP contribution in [-0.2, 0) is 4.79 Å². The van der Waals surface area contributed by atoms with Gasteiger partial charge in [0.05, 0.1) is 6.07 Å². The summed E-state index contributed by atoms with van der Waals surface area (Å²) in [6, 6.07) is 5.36. The molecule has 0 aliphatic heterocycles. The molecule has 0 saturated heterocycles. The first-order chi connectivity index (χ1) is 5.27. The molecule has 0 radical (unpaired) electrons. The Labute approximate surface area is 64.1 Å².